The van der Waals surface area contributed by atoms with Gasteiger partial charge >= 0.3 is 0 Å². The van der Waals surface area contributed by atoms with E-state index in [0.717, 1.165) is 0 Å². The Morgan fingerprint density at radius 3 is 1.23 bits per heavy atom. The highest BCUT2D eigenvalue weighted by atomic mass is 16.5. The van der Waals surface area contributed by atoms with Crippen LogP contribution in [0, 0.1) is 0 Å². The van der Waals surface area contributed by atoms with Crippen LogP contribution in [0.15, 0.2) is 50.6 Å². The summed E-state index contributed by atoms with van der Waals surface area (Å²) >= 11 is 0. The van der Waals surface area contributed by atoms with Crippen molar-refractivity contribution in [1.29, 1.82) is 0 Å². The summed E-state index contributed by atoms with van der Waals surface area (Å²) in [5.74, 6) is 0. The molecular weight excluding hydrogens is 332 g/mol. The number of hydrogen-bond donors (Lipinski definition) is 2. The SMILES string of the molecule is C=CCN(CC=C)CC(O)COCCOCC(O)CN(CC=C)CC=C. The molecule has 0 aromatic heterocycles. The second kappa shape index (κ2) is 17.1. The molecule has 150 valence electrons. The summed E-state index contributed by atoms with van der Waals surface area (Å²) in [4.78, 5) is 4.05. The van der Waals surface area contributed by atoms with Crippen LogP contribution in [-0.2, 0) is 9.47 Å². The summed E-state index contributed by atoms with van der Waals surface area (Å²) in [6.45, 7) is 19.8. The van der Waals surface area contributed by atoms with E-state index < -0.39 is 12.2 Å². The summed E-state index contributed by atoms with van der Waals surface area (Å²) < 4.78 is 10.8. The van der Waals surface area contributed by atoms with E-state index in [1.54, 1.807) is 24.3 Å². The van der Waals surface area contributed by atoms with Crippen LogP contribution in [0.25, 0.3) is 0 Å². The van der Waals surface area contributed by atoms with Gasteiger partial charge in [-0.15, -0.1) is 26.3 Å². The van der Waals surface area contributed by atoms with Gasteiger partial charge in [0.05, 0.1) is 38.6 Å². The first-order chi connectivity index (χ1) is 12.6. The Labute approximate surface area is 158 Å². The van der Waals surface area contributed by atoms with Gasteiger partial charge in [0.2, 0.25) is 0 Å². The number of ether oxygens (including phenoxy) is 2. The summed E-state index contributed by atoms with van der Waals surface area (Å²) in [6, 6.07) is 0. The maximum Gasteiger partial charge on any atom is 0.0900 e. The van der Waals surface area contributed by atoms with Gasteiger partial charge in [0.15, 0.2) is 0 Å². The van der Waals surface area contributed by atoms with Crippen LogP contribution in [0.3, 0.4) is 0 Å². The molecule has 0 spiro atoms. The molecular formula is C20H36N2O4. The fourth-order valence-electron chi connectivity index (χ4n) is 2.44. The van der Waals surface area contributed by atoms with E-state index in [0.29, 0.717) is 52.5 Å². The van der Waals surface area contributed by atoms with Crippen molar-refractivity contribution in [3.05, 3.63) is 50.6 Å². The van der Waals surface area contributed by atoms with Gasteiger partial charge < -0.3 is 19.7 Å². The highest BCUT2D eigenvalue weighted by Gasteiger charge is 2.11. The number of nitrogens with zero attached hydrogens (tertiary/aromatic N) is 2. The molecule has 0 aromatic rings. The molecule has 2 N–H and O–H groups in total. The van der Waals surface area contributed by atoms with Gasteiger partial charge in [-0.2, -0.15) is 0 Å². The molecule has 0 rings (SSSR count). The van der Waals surface area contributed by atoms with Gasteiger partial charge in [-0.3, -0.25) is 9.80 Å². The van der Waals surface area contributed by atoms with Crippen molar-refractivity contribution in [2.24, 2.45) is 0 Å². The Kier molecular flexibility index (Phi) is 16.3. The Morgan fingerprint density at radius 1 is 0.654 bits per heavy atom. The minimum Gasteiger partial charge on any atom is -0.389 e. The van der Waals surface area contributed by atoms with Gasteiger partial charge in [0.25, 0.3) is 0 Å². The molecule has 0 aliphatic carbocycles. The molecule has 6 heteroatoms. The monoisotopic (exact) mass is 368 g/mol. The zero-order valence-electron chi connectivity index (χ0n) is 16.0. The molecule has 0 aliphatic heterocycles. The van der Waals surface area contributed by atoms with Crippen LogP contribution in [0.2, 0.25) is 0 Å². The average molecular weight is 369 g/mol. The molecule has 2 unspecified atom stereocenters. The lowest BCUT2D eigenvalue weighted by Gasteiger charge is -2.23. The second-order valence-corrected chi connectivity index (χ2v) is 6.05. The van der Waals surface area contributed by atoms with Crippen molar-refractivity contribution in [3.63, 3.8) is 0 Å². The van der Waals surface area contributed by atoms with Crippen LogP contribution in [0.1, 0.15) is 0 Å². The highest BCUT2D eigenvalue weighted by Crippen LogP contribution is 1.97. The molecule has 2 atom stereocenters. The van der Waals surface area contributed by atoms with E-state index in [4.69, 9.17) is 9.47 Å². The van der Waals surface area contributed by atoms with E-state index in [9.17, 15) is 10.2 Å². The molecule has 0 radical (unpaired) electrons. The first-order valence-corrected chi connectivity index (χ1v) is 8.97. The van der Waals surface area contributed by atoms with Crippen LogP contribution >= 0.6 is 0 Å². The Bertz CT molecular complexity index is 334. The molecule has 6 nitrogen and oxygen atoms in total. The van der Waals surface area contributed by atoms with E-state index in [-0.39, 0.29) is 13.2 Å². The van der Waals surface area contributed by atoms with Crippen molar-refractivity contribution in [2.75, 3.05) is 65.7 Å². The molecule has 0 saturated carbocycles. The lowest BCUT2D eigenvalue weighted by molar-refractivity contribution is -0.0263. The first-order valence-electron chi connectivity index (χ1n) is 8.97. The summed E-state index contributed by atoms with van der Waals surface area (Å²) in [5.41, 5.74) is 0. The largest absolute Gasteiger partial charge is 0.389 e. The molecule has 26 heavy (non-hydrogen) atoms. The van der Waals surface area contributed by atoms with Gasteiger partial charge in [-0.05, 0) is 0 Å². The topological polar surface area (TPSA) is 65.4 Å². The van der Waals surface area contributed by atoms with Crippen molar-refractivity contribution in [3.8, 4) is 0 Å². The minimum absolute atomic E-state index is 0.239. The lowest BCUT2D eigenvalue weighted by atomic mass is 10.3. The fourth-order valence-corrected chi connectivity index (χ4v) is 2.44. The van der Waals surface area contributed by atoms with Crippen LogP contribution in [0.4, 0.5) is 0 Å². The van der Waals surface area contributed by atoms with Crippen LogP contribution in [0.5, 0.6) is 0 Å². The zero-order chi connectivity index (χ0) is 19.6. The standard InChI is InChI=1S/C20H36N2O4/c1-5-9-21(10-6-2)15-19(23)17-25-13-14-26-18-20(24)16-22(11-7-3)12-8-4/h5-8,19-20,23-24H,1-4,9-18H2. The quantitative estimate of drug-likeness (QED) is 0.263. The lowest BCUT2D eigenvalue weighted by Crippen LogP contribution is -2.36. The molecule has 0 fully saturated rings. The first kappa shape index (κ1) is 24.7. The molecule has 0 bridgehead atoms. The van der Waals surface area contributed by atoms with E-state index in [2.05, 4.69) is 26.3 Å². The Morgan fingerprint density at radius 2 is 0.962 bits per heavy atom. The summed E-state index contributed by atoms with van der Waals surface area (Å²) in [7, 11) is 0. The molecule has 0 aromatic carbocycles. The van der Waals surface area contributed by atoms with Gasteiger partial charge in [0.1, 0.15) is 0 Å². The number of rotatable bonds is 19. The van der Waals surface area contributed by atoms with Crippen molar-refractivity contribution >= 4 is 0 Å². The van der Waals surface area contributed by atoms with Gasteiger partial charge in [0, 0.05) is 39.3 Å². The van der Waals surface area contributed by atoms with E-state index in [1.807, 2.05) is 9.80 Å². The smallest absolute Gasteiger partial charge is 0.0900 e. The fraction of sp³-hybridized carbons (Fsp3) is 0.600. The maximum absolute atomic E-state index is 9.98. The molecule has 0 amide bonds. The number of hydrogen-bond acceptors (Lipinski definition) is 6. The summed E-state index contributed by atoms with van der Waals surface area (Å²) in [5, 5.41) is 20.0. The molecule has 0 aliphatic rings. The van der Waals surface area contributed by atoms with Crippen LogP contribution < -0.4 is 0 Å². The van der Waals surface area contributed by atoms with E-state index in [1.165, 1.54) is 0 Å². The second-order valence-electron chi connectivity index (χ2n) is 6.05. The number of aliphatic hydroxyl groups excluding tert-OH is 2. The Hall–Kier alpha value is -1.28. The third-order valence-corrected chi connectivity index (χ3v) is 3.48. The van der Waals surface area contributed by atoms with Crippen molar-refractivity contribution in [2.45, 2.75) is 12.2 Å². The third-order valence-electron chi connectivity index (χ3n) is 3.48. The Balaban J connectivity index is 3.78. The number of aliphatic hydroxyl groups is 2. The predicted octanol–water partition coefficient (Wildman–Crippen LogP) is 1.09. The maximum atomic E-state index is 9.98. The van der Waals surface area contributed by atoms with E-state index >= 15 is 0 Å². The molecule has 0 heterocycles. The highest BCUT2D eigenvalue weighted by molar-refractivity contribution is 4.82. The molecule has 0 saturated heterocycles. The van der Waals surface area contributed by atoms with Crippen LogP contribution in [-0.4, -0.2) is 97.9 Å². The summed E-state index contributed by atoms with van der Waals surface area (Å²) in [6.07, 6.45) is 6.02. The van der Waals surface area contributed by atoms with Crippen molar-refractivity contribution < 1.29 is 19.7 Å². The zero-order valence-corrected chi connectivity index (χ0v) is 16.0. The van der Waals surface area contributed by atoms with Gasteiger partial charge in [-0.25, -0.2) is 0 Å². The minimum atomic E-state index is -0.577. The van der Waals surface area contributed by atoms with Crippen molar-refractivity contribution in [1.82, 2.24) is 9.80 Å². The average Bonchev–Trinajstić information content (AvgIpc) is 2.59. The normalized spacial score (nSPS) is 13.5. The third kappa shape index (κ3) is 13.9. The van der Waals surface area contributed by atoms with Gasteiger partial charge in [-0.1, -0.05) is 24.3 Å². The predicted molar refractivity (Wildman–Crippen MR) is 107 cm³/mol.